The van der Waals surface area contributed by atoms with Crippen molar-refractivity contribution in [1.82, 2.24) is 14.9 Å². The van der Waals surface area contributed by atoms with Crippen molar-refractivity contribution >= 4 is 23.5 Å². The van der Waals surface area contributed by atoms with Crippen LogP contribution in [-0.2, 0) is 10.2 Å². The molecular formula is C21H27N5O2. The maximum Gasteiger partial charge on any atom is 0.274 e. The van der Waals surface area contributed by atoms with Crippen LogP contribution in [0, 0.1) is 0 Å². The van der Waals surface area contributed by atoms with Crippen LogP contribution in [0.2, 0.25) is 0 Å². The molecule has 148 valence electrons. The maximum atomic E-state index is 12.8. The van der Waals surface area contributed by atoms with Crippen molar-refractivity contribution in [2.45, 2.75) is 33.1 Å². The van der Waals surface area contributed by atoms with E-state index in [1.165, 1.54) is 0 Å². The van der Waals surface area contributed by atoms with Gasteiger partial charge in [0, 0.05) is 45.0 Å². The lowest BCUT2D eigenvalue weighted by Crippen LogP contribution is -2.48. The molecule has 1 aromatic heterocycles. The van der Waals surface area contributed by atoms with Crippen LogP contribution in [-0.4, -0.2) is 52.9 Å². The fraction of sp³-hybridized carbons (Fsp3) is 0.429. The third kappa shape index (κ3) is 4.47. The molecule has 0 bridgehead atoms. The minimum Gasteiger partial charge on any atom is -0.339 e. The zero-order chi connectivity index (χ0) is 20.3. The van der Waals surface area contributed by atoms with E-state index < -0.39 is 0 Å². The van der Waals surface area contributed by atoms with Crippen LogP contribution in [0.3, 0.4) is 0 Å². The lowest BCUT2D eigenvalue weighted by molar-refractivity contribution is -0.129. The van der Waals surface area contributed by atoms with Crippen molar-refractivity contribution in [2.75, 3.05) is 36.4 Å². The number of hydrogen-bond acceptors (Lipinski definition) is 5. The molecule has 1 saturated heterocycles. The summed E-state index contributed by atoms with van der Waals surface area (Å²) in [5, 5.41) is 2.98. The minimum atomic E-state index is -0.261. The van der Waals surface area contributed by atoms with Crippen molar-refractivity contribution in [2.24, 2.45) is 0 Å². The Morgan fingerprint density at radius 1 is 1.04 bits per heavy atom. The van der Waals surface area contributed by atoms with E-state index in [0.29, 0.717) is 37.8 Å². The quantitative estimate of drug-likeness (QED) is 0.884. The van der Waals surface area contributed by atoms with E-state index in [2.05, 4.69) is 36.1 Å². The summed E-state index contributed by atoms with van der Waals surface area (Å²) in [6.07, 6.45) is 1.60. The number of piperazine rings is 1. The Labute approximate surface area is 165 Å². The fourth-order valence-corrected chi connectivity index (χ4v) is 3.28. The molecule has 0 radical (unpaired) electrons. The lowest BCUT2D eigenvalue weighted by Gasteiger charge is -2.34. The molecule has 1 aliphatic rings. The summed E-state index contributed by atoms with van der Waals surface area (Å²) in [5.41, 5.74) is 2.09. The standard InChI is InChI=1S/C21H27N5O2/c1-15(27)25-11-13-26(14-12-25)20-22-10-9-18(24-20)19(28)23-17-8-6-5-7-16(17)21(2,3)4/h5-10H,11-14H2,1-4H3,(H,23,28). The van der Waals surface area contributed by atoms with E-state index in [1.807, 2.05) is 29.2 Å². The first kappa shape index (κ1) is 19.8. The zero-order valence-corrected chi connectivity index (χ0v) is 16.9. The second kappa shape index (κ2) is 7.96. The molecule has 0 unspecified atom stereocenters. The van der Waals surface area contributed by atoms with Crippen LogP contribution in [0.1, 0.15) is 43.7 Å². The number of nitrogens with one attached hydrogen (secondary N) is 1. The Morgan fingerprint density at radius 2 is 1.71 bits per heavy atom. The van der Waals surface area contributed by atoms with Gasteiger partial charge in [0.05, 0.1) is 0 Å². The van der Waals surface area contributed by atoms with Crippen LogP contribution in [0.15, 0.2) is 36.5 Å². The molecule has 0 aliphatic carbocycles. The number of aromatic nitrogens is 2. The topological polar surface area (TPSA) is 78.4 Å². The van der Waals surface area contributed by atoms with Gasteiger partial charge in [0.25, 0.3) is 5.91 Å². The Balaban J connectivity index is 1.75. The number of amides is 2. The summed E-state index contributed by atoms with van der Waals surface area (Å²) in [5.74, 6) is 0.328. The molecule has 2 aromatic rings. The Bertz CT molecular complexity index is 867. The van der Waals surface area contributed by atoms with Gasteiger partial charge < -0.3 is 15.1 Å². The molecule has 28 heavy (non-hydrogen) atoms. The number of anilines is 2. The van der Waals surface area contributed by atoms with Crippen molar-refractivity contribution in [3.8, 4) is 0 Å². The van der Waals surface area contributed by atoms with Crippen LogP contribution >= 0.6 is 0 Å². The van der Waals surface area contributed by atoms with Gasteiger partial charge in [-0.3, -0.25) is 9.59 Å². The third-order valence-electron chi connectivity index (χ3n) is 4.87. The monoisotopic (exact) mass is 381 g/mol. The lowest BCUT2D eigenvalue weighted by atomic mass is 9.86. The highest BCUT2D eigenvalue weighted by molar-refractivity contribution is 6.03. The number of benzene rings is 1. The maximum absolute atomic E-state index is 12.8. The number of rotatable bonds is 3. The van der Waals surface area contributed by atoms with Gasteiger partial charge in [-0.25, -0.2) is 9.97 Å². The van der Waals surface area contributed by atoms with Crippen LogP contribution in [0.5, 0.6) is 0 Å². The molecule has 0 atom stereocenters. The molecule has 2 heterocycles. The van der Waals surface area contributed by atoms with Gasteiger partial charge >= 0.3 is 0 Å². The summed E-state index contributed by atoms with van der Waals surface area (Å²) in [6, 6.07) is 9.42. The first-order valence-corrected chi connectivity index (χ1v) is 9.50. The Morgan fingerprint density at radius 3 is 2.36 bits per heavy atom. The van der Waals surface area contributed by atoms with E-state index in [4.69, 9.17) is 0 Å². The first-order chi connectivity index (χ1) is 13.3. The van der Waals surface area contributed by atoms with E-state index in [1.54, 1.807) is 24.1 Å². The third-order valence-corrected chi connectivity index (χ3v) is 4.87. The van der Waals surface area contributed by atoms with Crippen LogP contribution in [0.25, 0.3) is 0 Å². The van der Waals surface area contributed by atoms with Crippen molar-refractivity contribution in [1.29, 1.82) is 0 Å². The Kier molecular flexibility index (Phi) is 5.63. The van der Waals surface area contributed by atoms with Gasteiger partial charge in [-0.2, -0.15) is 0 Å². The van der Waals surface area contributed by atoms with E-state index >= 15 is 0 Å². The van der Waals surface area contributed by atoms with Crippen molar-refractivity contribution in [3.05, 3.63) is 47.8 Å². The van der Waals surface area contributed by atoms with Crippen LogP contribution in [0.4, 0.5) is 11.6 Å². The molecule has 7 heteroatoms. The average Bonchev–Trinajstić information content (AvgIpc) is 2.68. The SMILES string of the molecule is CC(=O)N1CCN(c2nccc(C(=O)Nc3ccccc3C(C)(C)C)n2)CC1. The summed E-state index contributed by atoms with van der Waals surface area (Å²) < 4.78 is 0. The number of carbonyl (C=O) groups is 2. The van der Waals surface area contributed by atoms with Gasteiger partial charge in [-0.1, -0.05) is 39.0 Å². The second-order valence-corrected chi connectivity index (χ2v) is 7.98. The predicted molar refractivity (Wildman–Crippen MR) is 110 cm³/mol. The highest BCUT2D eigenvalue weighted by atomic mass is 16.2. The molecule has 0 spiro atoms. The van der Waals surface area contributed by atoms with Crippen molar-refractivity contribution < 1.29 is 9.59 Å². The number of para-hydroxylation sites is 1. The Hall–Kier alpha value is -2.96. The summed E-state index contributed by atoms with van der Waals surface area (Å²) in [7, 11) is 0. The molecule has 1 aromatic carbocycles. The molecule has 3 rings (SSSR count). The molecule has 1 fully saturated rings. The van der Waals surface area contributed by atoms with E-state index in [-0.39, 0.29) is 17.2 Å². The van der Waals surface area contributed by atoms with Gasteiger partial charge in [-0.15, -0.1) is 0 Å². The number of carbonyl (C=O) groups excluding carboxylic acids is 2. The summed E-state index contributed by atoms with van der Waals surface area (Å²) in [6.45, 7) is 10.5. The van der Waals surface area contributed by atoms with Crippen LogP contribution < -0.4 is 10.2 Å². The molecule has 0 saturated carbocycles. The highest BCUT2D eigenvalue weighted by Gasteiger charge is 2.22. The molecule has 1 aliphatic heterocycles. The molecule has 1 N–H and O–H groups in total. The van der Waals surface area contributed by atoms with Gasteiger partial charge in [-0.05, 0) is 23.1 Å². The smallest absolute Gasteiger partial charge is 0.274 e. The number of hydrogen-bond donors (Lipinski definition) is 1. The van der Waals surface area contributed by atoms with Crippen molar-refractivity contribution in [3.63, 3.8) is 0 Å². The second-order valence-electron chi connectivity index (χ2n) is 7.98. The van der Waals surface area contributed by atoms with Gasteiger partial charge in [0.1, 0.15) is 5.69 Å². The van der Waals surface area contributed by atoms with Gasteiger partial charge in [0.15, 0.2) is 0 Å². The minimum absolute atomic E-state index is 0.0752. The van der Waals surface area contributed by atoms with E-state index in [0.717, 1.165) is 11.3 Å². The largest absolute Gasteiger partial charge is 0.339 e. The molecule has 7 nitrogen and oxygen atoms in total. The van der Waals surface area contributed by atoms with Gasteiger partial charge in [0.2, 0.25) is 11.9 Å². The zero-order valence-electron chi connectivity index (χ0n) is 16.9. The highest BCUT2D eigenvalue weighted by Crippen LogP contribution is 2.29. The van der Waals surface area contributed by atoms with E-state index in [9.17, 15) is 9.59 Å². The fourth-order valence-electron chi connectivity index (χ4n) is 3.28. The molecular weight excluding hydrogens is 354 g/mol. The first-order valence-electron chi connectivity index (χ1n) is 9.50. The predicted octanol–water partition coefficient (Wildman–Crippen LogP) is 2.69. The average molecular weight is 381 g/mol. The summed E-state index contributed by atoms with van der Waals surface area (Å²) >= 11 is 0. The summed E-state index contributed by atoms with van der Waals surface area (Å²) in [4.78, 5) is 36.8. The normalized spacial score (nSPS) is 14.7. The molecule has 2 amide bonds. The number of nitrogens with zero attached hydrogens (tertiary/aromatic N) is 4.